The summed E-state index contributed by atoms with van der Waals surface area (Å²) in [5.74, 6) is 0.138. The Balaban J connectivity index is 1.88. The van der Waals surface area contributed by atoms with Crippen molar-refractivity contribution in [2.75, 3.05) is 11.1 Å². The van der Waals surface area contributed by atoms with Crippen molar-refractivity contribution in [1.82, 2.24) is 4.98 Å². The maximum atomic E-state index is 12.3. The highest BCUT2D eigenvalue weighted by Crippen LogP contribution is 2.32. The molecule has 0 bridgehead atoms. The highest BCUT2D eigenvalue weighted by molar-refractivity contribution is 7.18. The number of carbonyl (C=O) groups is 1. The molecule has 1 aromatic carbocycles. The second-order valence-corrected chi connectivity index (χ2v) is 5.93. The summed E-state index contributed by atoms with van der Waals surface area (Å²) in [5.41, 5.74) is 6.35. The molecule has 2 aromatic rings. The zero-order chi connectivity index (χ0) is 13.4. The Hall–Kier alpha value is -1.59. The Labute approximate surface area is 119 Å². The van der Waals surface area contributed by atoms with E-state index in [0.717, 1.165) is 12.8 Å². The molecule has 0 spiro atoms. The lowest BCUT2D eigenvalue weighted by Crippen LogP contribution is -2.02. The van der Waals surface area contributed by atoms with Crippen molar-refractivity contribution in [2.45, 2.75) is 18.9 Å². The van der Waals surface area contributed by atoms with E-state index in [0.29, 0.717) is 26.6 Å². The van der Waals surface area contributed by atoms with Crippen molar-refractivity contribution in [3.63, 3.8) is 0 Å². The van der Waals surface area contributed by atoms with Gasteiger partial charge in [-0.2, -0.15) is 0 Å². The van der Waals surface area contributed by atoms with Crippen LogP contribution in [0.3, 0.4) is 0 Å². The van der Waals surface area contributed by atoms with E-state index in [2.05, 4.69) is 10.3 Å². The molecule has 1 saturated carbocycles. The molecule has 19 heavy (non-hydrogen) atoms. The smallest absolute Gasteiger partial charge is 0.206 e. The van der Waals surface area contributed by atoms with Crippen molar-refractivity contribution in [3.8, 4) is 0 Å². The molecule has 0 unspecified atom stereocenters. The number of nitrogens with zero attached hydrogens (tertiary/aromatic N) is 1. The van der Waals surface area contributed by atoms with Gasteiger partial charge in [-0.25, -0.2) is 4.98 Å². The van der Waals surface area contributed by atoms with Gasteiger partial charge in [-0.1, -0.05) is 35.1 Å². The molecule has 1 fully saturated rings. The number of nitrogens with two attached hydrogens (primary N) is 1. The third kappa shape index (κ3) is 2.72. The molecule has 1 aromatic heterocycles. The predicted octanol–water partition coefficient (Wildman–Crippen LogP) is 3.18. The van der Waals surface area contributed by atoms with E-state index in [-0.39, 0.29) is 11.6 Å². The third-order valence-corrected chi connectivity index (χ3v) is 4.09. The first-order valence-electron chi connectivity index (χ1n) is 5.96. The summed E-state index contributed by atoms with van der Waals surface area (Å²) in [7, 11) is 0. The monoisotopic (exact) mass is 293 g/mol. The SMILES string of the molecule is Nc1nc(NC2CC2)sc1C(=O)c1cccc(Cl)c1. The minimum Gasteiger partial charge on any atom is -0.382 e. The van der Waals surface area contributed by atoms with Gasteiger partial charge >= 0.3 is 0 Å². The Morgan fingerprint density at radius 1 is 1.47 bits per heavy atom. The quantitative estimate of drug-likeness (QED) is 0.850. The summed E-state index contributed by atoms with van der Waals surface area (Å²) in [6, 6.07) is 7.32. The zero-order valence-corrected chi connectivity index (χ0v) is 11.6. The average Bonchev–Trinajstić information content (AvgIpc) is 3.11. The fourth-order valence-electron chi connectivity index (χ4n) is 1.72. The van der Waals surface area contributed by atoms with Gasteiger partial charge in [0.1, 0.15) is 10.7 Å². The van der Waals surface area contributed by atoms with Crippen molar-refractivity contribution in [1.29, 1.82) is 0 Å². The van der Waals surface area contributed by atoms with Gasteiger partial charge in [0.25, 0.3) is 0 Å². The van der Waals surface area contributed by atoms with Crippen molar-refractivity contribution in [3.05, 3.63) is 39.7 Å². The topological polar surface area (TPSA) is 68.0 Å². The van der Waals surface area contributed by atoms with E-state index in [1.54, 1.807) is 24.3 Å². The number of thiazole rings is 1. The standard InChI is InChI=1S/C13H12ClN3OS/c14-8-3-1-2-7(6-8)10(18)11-12(15)17-13(19-11)16-9-4-5-9/h1-3,6,9H,4-5,15H2,(H,16,17). The van der Waals surface area contributed by atoms with Crippen molar-refractivity contribution >= 4 is 39.7 Å². The first-order valence-corrected chi connectivity index (χ1v) is 7.16. The van der Waals surface area contributed by atoms with Gasteiger partial charge < -0.3 is 11.1 Å². The summed E-state index contributed by atoms with van der Waals surface area (Å²) >= 11 is 7.19. The van der Waals surface area contributed by atoms with Crippen LogP contribution in [0.25, 0.3) is 0 Å². The number of nitrogens with one attached hydrogen (secondary N) is 1. The summed E-state index contributed by atoms with van der Waals surface area (Å²) in [5, 5.41) is 4.49. The van der Waals surface area contributed by atoms with Crippen LogP contribution in [0.4, 0.5) is 10.9 Å². The van der Waals surface area contributed by atoms with Crippen LogP contribution in [0.5, 0.6) is 0 Å². The number of hydrogen-bond donors (Lipinski definition) is 2. The minimum atomic E-state index is -0.138. The summed E-state index contributed by atoms with van der Waals surface area (Å²) in [4.78, 5) is 17.0. The van der Waals surface area contributed by atoms with E-state index in [4.69, 9.17) is 17.3 Å². The van der Waals surface area contributed by atoms with Crippen LogP contribution in [0.15, 0.2) is 24.3 Å². The molecule has 0 saturated heterocycles. The summed E-state index contributed by atoms with van der Waals surface area (Å²) < 4.78 is 0. The van der Waals surface area contributed by atoms with Gasteiger partial charge in [-0.15, -0.1) is 0 Å². The molecule has 98 valence electrons. The molecule has 4 nitrogen and oxygen atoms in total. The first-order chi connectivity index (χ1) is 9.13. The number of rotatable bonds is 4. The largest absolute Gasteiger partial charge is 0.382 e. The summed E-state index contributed by atoms with van der Waals surface area (Å²) in [6.07, 6.45) is 2.30. The Morgan fingerprint density at radius 3 is 2.95 bits per heavy atom. The second-order valence-electron chi connectivity index (χ2n) is 4.49. The number of anilines is 2. The number of benzene rings is 1. The zero-order valence-electron chi connectivity index (χ0n) is 10.0. The van der Waals surface area contributed by atoms with Crippen molar-refractivity contribution < 1.29 is 4.79 Å². The number of nitrogen functional groups attached to an aromatic ring is 1. The number of carbonyl (C=O) groups excluding carboxylic acids is 1. The Bertz CT molecular complexity index is 637. The third-order valence-electron chi connectivity index (χ3n) is 2.85. The fraction of sp³-hybridized carbons (Fsp3) is 0.231. The molecule has 0 radical (unpaired) electrons. The molecule has 0 amide bonds. The number of halogens is 1. The molecule has 0 atom stereocenters. The van der Waals surface area contributed by atoms with Gasteiger partial charge in [0.2, 0.25) is 5.78 Å². The van der Waals surface area contributed by atoms with Crippen LogP contribution in [-0.2, 0) is 0 Å². The van der Waals surface area contributed by atoms with Crippen LogP contribution in [0.1, 0.15) is 28.1 Å². The van der Waals surface area contributed by atoms with Crippen molar-refractivity contribution in [2.24, 2.45) is 0 Å². The van der Waals surface area contributed by atoms with Crippen LogP contribution >= 0.6 is 22.9 Å². The minimum absolute atomic E-state index is 0.138. The maximum Gasteiger partial charge on any atom is 0.206 e. The normalized spacial score (nSPS) is 14.4. The molecule has 3 rings (SSSR count). The van der Waals surface area contributed by atoms with Gasteiger partial charge in [-0.3, -0.25) is 4.79 Å². The molecule has 1 aliphatic carbocycles. The molecular formula is C13H12ClN3OS. The van der Waals surface area contributed by atoms with Crippen LogP contribution in [0, 0.1) is 0 Å². The highest BCUT2D eigenvalue weighted by Gasteiger charge is 2.24. The number of aromatic nitrogens is 1. The summed E-state index contributed by atoms with van der Waals surface area (Å²) in [6.45, 7) is 0. The number of ketones is 1. The Kier molecular flexibility index (Phi) is 3.16. The lowest BCUT2D eigenvalue weighted by Gasteiger charge is -1.99. The second kappa shape index (κ2) is 4.83. The first kappa shape index (κ1) is 12.4. The highest BCUT2D eigenvalue weighted by atomic mass is 35.5. The lowest BCUT2D eigenvalue weighted by molar-refractivity contribution is 0.104. The average molecular weight is 294 g/mol. The molecule has 3 N–H and O–H groups in total. The van der Waals surface area contributed by atoms with E-state index in [9.17, 15) is 4.79 Å². The van der Waals surface area contributed by atoms with Gasteiger partial charge in [-0.05, 0) is 25.0 Å². The van der Waals surface area contributed by atoms with Crippen LogP contribution < -0.4 is 11.1 Å². The van der Waals surface area contributed by atoms with Gasteiger partial charge in [0.05, 0.1) is 0 Å². The molecule has 0 aliphatic heterocycles. The fourth-order valence-corrected chi connectivity index (χ4v) is 2.83. The molecule has 1 aliphatic rings. The van der Waals surface area contributed by atoms with E-state index < -0.39 is 0 Å². The maximum absolute atomic E-state index is 12.3. The molecule has 1 heterocycles. The van der Waals surface area contributed by atoms with Gasteiger partial charge in [0, 0.05) is 16.6 Å². The Morgan fingerprint density at radius 2 is 2.26 bits per heavy atom. The number of hydrogen-bond acceptors (Lipinski definition) is 5. The molecule has 6 heteroatoms. The van der Waals surface area contributed by atoms with Gasteiger partial charge in [0.15, 0.2) is 5.13 Å². The lowest BCUT2D eigenvalue weighted by atomic mass is 10.1. The van der Waals surface area contributed by atoms with Crippen LogP contribution in [-0.4, -0.2) is 16.8 Å². The van der Waals surface area contributed by atoms with Crippen LogP contribution in [0.2, 0.25) is 5.02 Å². The van der Waals surface area contributed by atoms with E-state index >= 15 is 0 Å². The van der Waals surface area contributed by atoms with E-state index in [1.807, 2.05) is 0 Å². The van der Waals surface area contributed by atoms with E-state index in [1.165, 1.54) is 11.3 Å². The molecular weight excluding hydrogens is 282 g/mol. The predicted molar refractivity (Wildman–Crippen MR) is 78.1 cm³/mol.